The summed E-state index contributed by atoms with van der Waals surface area (Å²) in [5.74, 6) is 0. The first-order valence-corrected chi connectivity index (χ1v) is 8.47. The van der Waals surface area contributed by atoms with Crippen molar-refractivity contribution < 1.29 is 0 Å². The molecule has 0 saturated heterocycles. The predicted octanol–water partition coefficient (Wildman–Crippen LogP) is 6.46. The molecule has 0 aliphatic heterocycles. The van der Waals surface area contributed by atoms with Gasteiger partial charge in [-0.1, -0.05) is 84.9 Å². The van der Waals surface area contributed by atoms with Crippen molar-refractivity contribution in [3.8, 4) is 22.3 Å². The summed E-state index contributed by atoms with van der Waals surface area (Å²) in [5, 5.41) is 2.46. The van der Waals surface area contributed by atoms with Crippen LogP contribution >= 0.6 is 0 Å². The fourth-order valence-corrected chi connectivity index (χ4v) is 3.43. The molecule has 0 spiro atoms. The van der Waals surface area contributed by atoms with E-state index in [9.17, 15) is 0 Å². The summed E-state index contributed by atoms with van der Waals surface area (Å²) in [4.78, 5) is 3.54. The molecular formula is C24H16N. The first kappa shape index (κ1) is 14.1. The third kappa shape index (κ3) is 2.41. The zero-order valence-electron chi connectivity index (χ0n) is 13.7. The van der Waals surface area contributed by atoms with Crippen molar-refractivity contribution >= 4 is 21.8 Å². The van der Waals surface area contributed by atoms with Crippen LogP contribution in [0.15, 0.2) is 91.0 Å². The van der Waals surface area contributed by atoms with Crippen LogP contribution in [0.2, 0.25) is 0 Å². The monoisotopic (exact) mass is 318 g/mol. The van der Waals surface area contributed by atoms with Gasteiger partial charge >= 0.3 is 0 Å². The van der Waals surface area contributed by atoms with Crippen LogP contribution in [0, 0.1) is 6.07 Å². The first-order valence-electron chi connectivity index (χ1n) is 8.47. The van der Waals surface area contributed by atoms with Crippen molar-refractivity contribution in [2.45, 2.75) is 0 Å². The number of H-pyrrole nitrogens is 1. The van der Waals surface area contributed by atoms with E-state index in [1.165, 1.54) is 27.5 Å². The van der Waals surface area contributed by atoms with Crippen LogP contribution in [0.3, 0.4) is 0 Å². The van der Waals surface area contributed by atoms with Crippen LogP contribution in [0.5, 0.6) is 0 Å². The predicted molar refractivity (Wildman–Crippen MR) is 106 cm³/mol. The van der Waals surface area contributed by atoms with E-state index in [2.05, 4.69) is 89.9 Å². The van der Waals surface area contributed by atoms with Gasteiger partial charge in [-0.25, -0.2) is 0 Å². The van der Waals surface area contributed by atoms with Gasteiger partial charge in [-0.2, -0.15) is 0 Å². The van der Waals surface area contributed by atoms with Gasteiger partial charge in [0, 0.05) is 22.4 Å². The highest BCUT2D eigenvalue weighted by Crippen LogP contribution is 2.31. The maximum atomic E-state index is 3.54. The summed E-state index contributed by atoms with van der Waals surface area (Å²) < 4.78 is 0. The Morgan fingerprint density at radius 1 is 0.560 bits per heavy atom. The lowest BCUT2D eigenvalue weighted by molar-refractivity contribution is 1.53. The number of nitrogens with one attached hydrogen (secondary N) is 1. The molecule has 5 aromatic rings. The summed E-state index contributed by atoms with van der Waals surface area (Å²) in [7, 11) is 0. The fraction of sp³-hybridized carbons (Fsp3) is 0. The summed E-state index contributed by atoms with van der Waals surface area (Å²) in [5.41, 5.74) is 6.97. The lowest BCUT2D eigenvalue weighted by Crippen LogP contribution is -1.77. The molecule has 0 atom stereocenters. The van der Waals surface area contributed by atoms with E-state index >= 15 is 0 Å². The van der Waals surface area contributed by atoms with Crippen molar-refractivity contribution in [1.82, 2.24) is 4.98 Å². The Kier molecular flexibility index (Phi) is 3.17. The van der Waals surface area contributed by atoms with E-state index in [0.29, 0.717) is 0 Å². The second kappa shape index (κ2) is 5.64. The number of aromatic amines is 1. The standard InChI is InChI=1S/C24H16N/c1-3-7-17(8-4-1)19-11-13-21-22-14-12-20(18-9-5-2-6-10-18)16-24(22)25-23(21)15-19/h1-15,25H. The SMILES string of the molecule is [c]1c(-c2ccccc2)ccc2c1[nH]c1cc(-c3ccccc3)ccc12. The average molecular weight is 318 g/mol. The van der Waals surface area contributed by atoms with Gasteiger partial charge in [0.25, 0.3) is 0 Å². The molecule has 1 heterocycles. The molecule has 0 bridgehead atoms. The molecule has 117 valence electrons. The van der Waals surface area contributed by atoms with Gasteiger partial charge in [0.05, 0.1) is 5.52 Å². The Bertz CT molecular complexity index is 1070. The van der Waals surface area contributed by atoms with Gasteiger partial charge in [0.2, 0.25) is 0 Å². The molecule has 5 rings (SSSR count). The van der Waals surface area contributed by atoms with Crippen LogP contribution in [-0.2, 0) is 0 Å². The van der Waals surface area contributed by atoms with E-state index in [1.807, 2.05) is 12.1 Å². The molecule has 1 heteroatoms. The van der Waals surface area contributed by atoms with E-state index in [1.54, 1.807) is 0 Å². The van der Waals surface area contributed by atoms with E-state index in [4.69, 9.17) is 0 Å². The molecule has 0 aliphatic rings. The zero-order chi connectivity index (χ0) is 16.6. The van der Waals surface area contributed by atoms with Crippen LogP contribution in [-0.4, -0.2) is 4.98 Å². The van der Waals surface area contributed by atoms with Crippen LogP contribution in [0.1, 0.15) is 0 Å². The summed E-state index contributed by atoms with van der Waals surface area (Å²) in [6.45, 7) is 0. The molecule has 1 radical (unpaired) electrons. The lowest BCUT2D eigenvalue weighted by Gasteiger charge is -2.01. The Hall–Kier alpha value is -3.32. The molecule has 0 unspecified atom stereocenters. The fourth-order valence-electron chi connectivity index (χ4n) is 3.43. The van der Waals surface area contributed by atoms with E-state index < -0.39 is 0 Å². The quantitative estimate of drug-likeness (QED) is 0.384. The molecule has 1 nitrogen and oxygen atoms in total. The number of hydrogen-bond acceptors (Lipinski definition) is 0. The van der Waals surface area contributed by atoms with E-state index in [-0.39, 0.29) is 0 Å². The second-order valence-electron chi connectivity index (χ2n) is 6.28. The summed E-state index contributed by atoms with van der Waals surface area (Å²) >= 11 is 0. The Morgan fingerprint density at radius 3 is 2.00 bits per heavy atom. The van der Waals surface area contributed by atoms with Crippen molar-refractivity contribution in [3.05, 3.63) is 97.1 Å². The van der Waals surface area contributed by atoms with Gasteiger partial charge in [-0.05, 0) is 28.3 Å². The molecule has 0 aliphatic carbocycles. The maximum Gasteiger partial charge on any atom is 0.0551 e. The number of benzene rings is 4. The number of fused-ring (bicyclic) bond motifs is 3. The Morgan fingerprint density at radius 2 is 1.24 bits per heavy atom. The summed E-state index contributed by atoms with van der Waals surface area (Å²) in [6, 6.07) is 35.4. The second-order valence-corrected chi connectivity index (χ2v) is 6.28. The highest BCUT2D eigenvalue weighted by atomic mass is 14.7. The van der Waals surface area contributed by atoms with Crippen molar-refractivity contribution in [2.24, 2.45) is 0 Å². The summed E-state index contributed by atoms with van der Waals surface area (Å²) in [6.07, 6.45) is 0. The van der Waals surface area contributed by atoms with Crippen molar-refractivity contribution in [1.29, 1.82) is 0 Å². The molecule has 0 saturated carbocycles. The smallest absolute Gasteiger partial charge is 0.0551 e. The topological polar surface area (TPSA) is 15.8 Å². The molecule has 4 aromatic carbocycles. The minimum absolute atomic E-state index is 1.06. The largest absolute Gasteiger partial charge is 0.354 e. The maximum absolute atomic E-state index is 3.54. The lowest BCUT2D eigenvalue weighted by atomic mass is 10.0. The molecule has 25 heavy (non-hydrogen) atoms. The number of aromatic nitrogens is 1. The van der Waals surface area contributed by atoms with Crippen LogP contribution in [0.25, 0.3) is 44.1 Å². The Labute approximate surface area is 146 Å². The number of hydrogen-bond donors (Lipinski definition) is 1. The average Bonchev–Trinajstić information content (AvgIpc) is 3.06. The zero-order valence-corrected chi connectivity index (χ0v) is 13.7. The Balaban J connectivity index is 1.67. The molecular weight excluding hydrogens is 302 g/mol. The van der Waals surface area contributed by atoms with Gasteiger partial charge in [-0.3, -0.25) is 0 Å². The molecule has 0 amide bonds. The van der Waals surface area contributed by atoms with Crippen molar-refractivity contribution in [3.63, 3.8) is 0 Å². The van der Waals surface area contributed by atoms with Crippen LogP contribution in [0.4, 0.5) is 0 Å². The minimum atomic E-state index is 1.06. The molecule has 1 N–H and O–H groups in total. The molecule has 1 aromatic heterocycles. The first-order chi connectivity index (χ1) is 12.4. The van der Waals surface area contributed by atoms with Gasteiger partial charge in [0.1, 0.15) is 0 Å². The van der Waals surface area contributed by atoms with Gasteiger partial charge < -0.3 is 4.98 Å². The van der Waals surface area contributed by atoms with Gasteiger partial charge in [0.15, 0.2) is 0 Å². The highest BCUT2D eigenvalue weighted by molar-refractivity contribution is 6.08. The minimum Gasteiger partial charge on any atom is -0.354 e. The third-order valence-electron chi connectivity index (χ3n) is 4.71. The normalized spacial score (nSPS) is 11.2. The molecule has 0 fully saturated rings. The van der Waals surface area contributed by atoms with Crippen molar-refractivity contribution in [2.75, 3.05) is 0 Å². The van der Waals surface area contributed by atoms with E-state index in [0.717, 1.165) is 16.6 Å². The third-order valence-corrected chi connectivity index (χ3v) is 4.71. The van der Waals surface area contributed by atoms with Crippen LogP contribution < -0.4 is 0 Å². The highest BCUT2D eigenvalue weighted by Gasteiger charge is 2.08. The number of rotatable bonds is 2. The van der Waals surface area contributed by atoms with Gasteiger partial charge in [-0.15, -0.1) is 0 Å².